The van der Waals surface area contributed by atoms with E-state index in [-0.39, 0.29) is 18.2 Å². The molecule has 3 rings (SSSR count). The molecule has 0 spiro atoms. The lowest BCUT2D eigenvalue weighted by Crippen LogP contribution is -2.49. The highest BCUT2D eigenvalue weighted by atomic mass is 16.6. The average Bonchev–Trinajstić information content (AvgIpc) is 2.95. The molecule has 0 radical (unpaired) electrons. The summed E-state index contributed by atoms with van der Waals surface area (Å²) in [6, 6.07) is 9.93. The van der Waals surface area contributed by atoms with Crippen molar-refractivity contribution in [2.45, 2.75) is 97.1 Å². The normalized spacial score (nSPS) is 24.3. The van der Waals surface area contributed by atoms with E-state index in [9.17, 15) is 4.79 Å². The SMILES string of the molecule is CC(C)=CC[C@@H]1OC(C)(C)N(C(=O)OCc2ccccc2)[C@H]1CC1CCCCC1. The van der Waals surface area contributed by atoms with Gasteiger partial charge in [0.2, 0.25) is 0 Å². The maximum atomic E-state index is 13.2. The molecule has 0 unspecified atom stereocenters. The number of benzene rings is 1. The Labute approximate surface area is 176 Å². The Balaban J connectivity index is 1.75. The predicted octanol–water partition coefficient (Wildman–Crippen LogP) is 6.46. The molecule has 1 saturated carbocycles. The van der Waals surface area contributed by atoms with E-state index in [1.807, 2.05) is 49.1 Å². The van der Waals surface area contributed by atoms with Gasteiger partial charge in [-0.15, -0.1) is 0 Å². The van der Waals surface area contributed by atoms with Crippen molar-refractivity contribution in [2.75, 3.05) is 0 Å². The second-order valence-corrected chi connectivity index (χ2v) is 9.34. The van der Waals surface area contributed by atoms with E-state index in [0.29, 0.717) is 12.5 Å². The molecule has 0 aromatic heterocycles. The maximum absolute atomic E-state index is 13.2. The summed E-state index contributed by atoms with van der Waals surface area (Å²) in [5.74, 6) is 0.671. The van der Waals surface area contributed by atoms with Crippen LogP contribution in [0.1, 0.15) is 78.2 Å². The van der Waals surface area contributed by atoms with Gasteiger partial charge in [0.1, 0.15) is 12.3 Å². The minimum atomic E-state index is -0.659. The van der Waals surface area contributed by atoms with Gasteiger partial charge in [-0.3, -0.25) is 4.90 Å². The molecule has 29 heavy (non-hydrogen) atoms. The first-order chi connectivity index (χ1) is 13.9. The van der Waals surface area contributed by atoms with Gasteiger partial charge in [0, 0.05) is 0 Å². The minimum absolute atomic E-state index is 0.0195. The van der Waals surface area contributed by atoms with Crippen LogP contribution in [0.15, 0.2) is 42.0 Å². The number of carbonyl (C=O) groups is 1. The fourth-order valence-corrected chi connectivity index (χ4v) is 4.79. The van der Waals surface area contributed by atoms with Gasteiger partial charge in [-0.1, -0.05) is 74.1 Å². The van der Waals surface area contributed by atoms with Gasteiger partial charge in [0.05, 0.1) is 12.1 Å². The maximum Gasteiger partial charge on any atom is 0.412 e. The number of allylic oxidation sites excluding steroid dienone is 1. The molecule has 1 aliphatic heterocycles. The smallest absolute Gasteiger partial charge is 0.412 e. The minimum Gasteiger partial charge on any atom is -0.444 e. The summed E-state index contributed by atoms with van der Waals surface area (Å²) < 4.78 is 12.2. The zero-order valence-corrected chi connectivity index (χ0v) is 18.5. The highest BCUT2D eigenvalue weighted by molar-refractivity contribution is 5.69. The van der Waals surface area contributed by atoms with Crippen molar-refractivity contribution < 1.29 is 14.3 Å². The lowest BCUT2D eigenvalue weighted by molar-refractivity contribution is -0.0700. The standard InChI is InChI=1S/C25H37NO3/c1-19(2)15-16-23-22(17-20-11-7-5-8-12-20)26(25(3,4)29-23)24(27)28-18-21-13-9-6-10-14-21/h6,9-10,13-15,20,22-23H,5,7-8,11-12,16-18H2,1-4H3/t22-,23-/m0/s1. The van der Waals surface area contributed by atoms with Crippen LogP contribution in [0.5, 0.6) is 0 Å². The monoisotopic (exact) mass is 399 g/mol. The quantitative estimate of drug-likeness (QED) is 0.516. The summed E-state index contributed by atoms with van der Waals surface area (Å²) in [5.41, 5.74) is 1.63. The first kappa shape index (κ1) is 21.9. The van der Waals surface area contributed by atoms with Crippen LogP contribution in [0.3, 0.4) is 0 Å². The Morgan fingerprint density at radius 3 is 2.52 bits per heavy atom. The zero-order valence-electron chi connectivity index (χ0n) is 18.5. The van der Waals surface area contributed by atoms with Gasteiger partial charge in [-0.05, 0) is 52.0 Å². The van der Waals surface area contributed by atoms with Crippen LogP contribution >= 0.6 is 0 Å². The Morgan fingerprint density at radius 1 is 1.17 bits per heavy atom. The average molecular weight is 400 g/mol. The molecule has 2 fully saturated rings. The number of hydrogen-bond acceptors (Lipinski definition) is 3. The van der Waals surface area contributed by atoms with E-state index < -0.39 is 5.72 Å². The third-order valence-corrected chi connectivity index (χ3v) is 6.24. The molecule has 2 aliphatic rings. The molecule has 1 aromatic rings. The van der Waals surface area contributed by atoms with Crippen molar-refractivity contribution in [1.29, 1.82) is 0 Å². The molecule has 1 aromatic carbocycles. The number of nitrogens with zero attached hydrogens (tertiary/aromatic N) is 1. The van der Waals surface area contributed by atoms with Crippen LogP contribution in [0.2, 0.25) is 0 Å². The Morgan fingerprint density at radius 2 is 1.86 bits per heavy atom. The molecule has 0 bridgehead atoms. The molecule has 1 heterocycles. The van der Waals surface area contributed by atoms with Crippen molar-refractivity contribution >= 4 is 6.09 Å². The van der Waals surface area contributed by atoms with E-state index in [0.717, 1.165) is 18.4 Å². The fourth-order valence-electron chi connectivity index (χ4n) is 4.79. The first-order valence-electron chi connectivity index (χ1n) is 11.2. The Bertz CT molecular complexity index is 687. The predicted molar refractivity (Wildman–Crippen MR) is 116 cm³/mol. The zero-order chi connectivity index (χ0) is 20.9. The van der Waals surface area contributed by atoms with Crippen molar-refractivity contribution in [3.8, 4) is 0 Å². The highest BCUT2D eigenvalue weighted by Gasteiger charge is 2.50. The second kappa shape index (κ2) is 9.80. The molecular formula is C25H37NO3. The Kier molecular flexibility index (Phi) is 7.39. The molecule has 1 saturated heterocycles. The van der Waals surface area contributed by atoms with Crippen LogP contribution in [0.4, 0.5) is 4.79 Å². The second-order valence-electron chi connectivity index (χ2n) is 9.34. The number of carbonyl (C=O) groups excluding carboxylic acids is 1. The third kappa shape index (κ3) is 5.85. The lowest BCUT2D eigenvalue weighted by atomic mass is 9.83. The van der Waals surface area contributed by atoms with E-state index in [1.54, 1.807) is 0 Å². The van der Waals surface area contributed by atoms with Gasteiger partial charge >= 0.3 is 6.09 Å². The largest absolute Gasteiger partial charge is 0.444 e. The molecule has 2 atom stereocenters. The Hall–Kier alpha value is -1.81. The van der Waals surface area contributed by atoms with Crippen LogP contribution in [0.25, 0.3) is 0 Å². The van der Waals surface area contributed by atoms with Gasteiger partial charge in [-0.25, -0.2) is 4.79 Å². The van der Waals surface area contributed by atoms with Crippen LogP contribution in [-0.2, 0) is 16.1 Å². The van der Waals surface area contributed by atoms with E-state index in [4.69, 9.17) is 9.47 Å². The van der Waals surface area contributed by atoms with E-state index in [2.05, 4.69) is 19.9 Å². The van der Waals surface area contributed by atoms with Crippen molar-refractivity contribution in [1.82, 2.24) is 4.90 Å². The molecule has 1 amide bonds. The number of ether oxygens (including phenoxy) is 2. The lowest BCUT2D eigenvalue weighted by Gasteiger charge is -2.35. The van der Waals surface area contributed by atoms with Gasteiger partial charge in [0.15, 0.2) is 0 Å². The molecule has 1 aliphatic carbocycles. The summed E-state index contributed by atoms with van der Waals surface area (Å²) in [5, 5.41) is 0. The third-order valence-electron chi connectivity index (χ3n) is 6.24. The van der Waals surface area contributed by atoms with E-state index >= 15 is 0 Å². The van der Waals surface area contributed by atoms with Crippen LogP contribution in [0, 0.1) is 5.92 Å². The summed E-state index contributed by atoms with van der Waals surface area (Å²) in [6.45, 7) is 8.51. The summed E-state index contributed by atoms with van der Waals surface area (Å²) >= 11 is 0. The molecular weight excluding hydrogens is 362 g/mol. The van der Waals surface area contributed by atoms with Gasteiger partial charge < -0.3 is 9.47 Å². The molecule has 4 heteroatoms. The summed E-state index contributed by atoms with van der Waals surface area (Å²) in [4.78, 5) is 15.1. The van der Waals surface area contributed by atoms with Crippen molar-refractivity contribution in [3.05, 3.63) is 47.5 Å². The van der Waals surface area contributed by atoms with Crippen molar-refractivity contribution in [2.24, 2.45) is 5.92 Å². The summed E-state index contributed by atoms with van der Waals surface area (Å²) in [7, 11) is 0. The number of amides is 1. The molecule has 0 N–H and O–H groups in total. The van der Waals surface area contributed by atoms with Crippen LogP contribution in [-0.4, -0.2) is 28.9 Å². The van der Waals surface area contributed by atoms with Gasteiger partial charge in [-0.2, -0.15) is 0 Å². The molecule has 160 valence electrons. The summed E-state index contributed by atoms with van der Waals surface area (Å²) in [6.07, 6.45) is 10.3. The van der Waals surface area contributed by atoms with E-state index in [1.165, 1.54) is 37.7 Å². The first-order valence-corrected chi connectivity index (χ1v) is 11.2. The number of rotatable bonds is 6. The van der Waals surface area contributed by atoms with Gasteiger partial charge in [0.25, 0.3) is 0 Å². The molecule has 4 nitrogen and oxygen atoms in total. The highest BCUT2D eigenvalue weighted by Crippen LogP contribution is 2.40. The fraction of sp³-hybridized carbons (Fsp3) is 0.640. The number of hydrogen-bond donors (Lipinski definition) is 0. The van der Waals surface area contributed by atoms with Crippen LogP contribution < -0.4 is 0 Å². The topological polar surface area (TPSA) is 38.8 Å². The van der Waals surface area contributed by atoms with Crippen molar-refractivity contribution in [3.63, 3.8) is 0 Å².